The van der Waals surface area contributed by atoms with Crippen molar-refractivity contribution in [2.24, 2.45) is 11.3 Å². The number of anilines is 1. The lowest BCUT2D eigenvalue weighted by atomic mass is 9.71. The summed E-state index contributed by atoms with van der Waals surface area (Å²) in [5, 5.41) is 0.0699. The van der Waals surface area contributed by atoms with Crippen molar-refractivity contribution < 1.29 is 4.79 Å². The van der Waals surface area contributed by atoms with Gasteiger partial charge in [-0.25, -0.2) is 0 Å². The third-order valence-corrected chi connectivity index (χ3v) is 7.75. The van der Waals surface area contributed by atoms with Crippen molar-refractivity contribution in [1.29, 1.82) is 0 Å². The van der Waals surface area contributed by atoms with E-state index in [2.05, 4.69) is 79.5 Å². The maximum absolute atomic E-state index is 12.8. The minimum atomic E-state index is -0.0228. The van der Waals surface area contributed by atoms with E-state index in [1.807, 2.05) is 11.8 Å². The smallest absolute Gasteiger partial charge is 0.241 e. The minimum Gasteiger partial charge on any atom is -0.296 e. The molecular formula is C19H26INOS. The van der Waals surface area contributed by atoms with Crippen LogP contribution < -0.4 is 4.90 Å². The number of halogens is 1. The number of nitrogens with zero attached hydrogens (tertiary/aromatic N) is 1. The van der Waals surface area contributed by atoms with Crippen molar-refractivity contribution in [2.75, 3.05) is 4.90 Å². The molecule has 1 atom stereocenters. The number of hydrogen-bond donors (Lipinski definition) is 0. The summed E-state index contributed by atoms with van der Waals surface area (Å²) in [6.07, 6.45) is 4.66. The number of carbonyl (C=O) groups is 1. The molecule has 126 valence electrons. The molecule has 0 N–H and O–H groups in total. The van der Waals surface area contributed by atoms with E-state index in [4.69, 9.17) is 0 Å². The SMILES string of the molecule is C[C@@H]1SC2(CCC(C(C)(C)C)CC2)N(c2ccc(I)cc2)C1=O. The molecule has 1 saturated carbocycles. The van der Waals surface area contributed by atoms with Crippen LogP contribution in [0.5, 0.6) is 0 Å². The topological polar surface area (TPSA) is 20.3 Å². The second-order valence-electron chi connectivity index (χ2n) is 8.00. The van der Waals surface area contributed by atoms with Gasteiger partial charge < -0.3 is 0 Å². The van der Waals surface area contributed by atoms with Gasteiger partial charge in [0.2, 0.25) is 5.91 Å². The lowest BCUT2D eigenvalue weighted by Crippen LogP contribution is -2.48. The first-order chi connectivity index (χ1) is 10.7. The van der Waals surface area contributed by atoms with E-state index in [-0.39, 0.29) is 16.0 Å². The van der Waals surface area contributed by atoms with Gasteiger partial charge in [0.05, 0.1) is 10.1 Å². The minimum absolute atomic E-state index is 0.0228. The molecule has 23 heavy (non-hydrogen) atoms. The van der Waals surface area contributed by atoms with E-state index in [0.29, 0.717) is 5.41 Å². The van der Waals surface area contributed by atoms with Crippen molar-refractivity contribution in [3.8, 4) is 0 Å². The van der Waals surface area contributed by atoms with E-state index < -0.39 is 0 Å². The van der Waals surface area contributed by atoms with Gasteiger partial charge in [-0.3, -0.25) is 9.69 Å². The molecule has 1 aliphatic heterocycles. The molecule has 2 nitrogen and oxygen atoms in total. The number of benzene rings is 1. The zero-order valence-electron chi connectivity index (χ0n) is 14.4. The van der Waals surface area contributed by atoms with E-state index in [1.165, 1.54) is 16.4 Å². The highest BCUT2D eigenvalue weighted by molar-refractivity contribution is 14.1. The molecule has 2 aliphatic rings. The molecule has 1 heterocycles. The molecule has 0 aromatic heterocycles. The molecule has 0 unspecified atom stereocenters. The molecule has 4 heteroatoms. The summed E-state index contributed by atoms with van der Waals surface area (Å²) in [6.45, 7) is 9.11. The zero-order valence-corrected chi connectivity index (χ0v) is 17.4. The van der Waals surface area contributed by atoms with Crippen LogP contribution in [-0.4, -0.2) is 16.0 Å². The van der Waals surface area contributed by atoms with Crippen molar-refractivity contribution in [3.05, 3.63) is 27.8 Å². The van der Waals surface area contributed by atoms with Gasteiger partial charge in [-0.1, -0.05) is 20.8 Å². The number of hydrogen-bond acceptors (Lipinski definition) is 2. The second-order valence-corrected chi connectivity index (χ2v) is 10.9. The van der Waals surface area contributed by atoms with Crippen LogP contribution in [0, 0.1) is 14.9 Å². The molecular weight excluding hydrogens is 417 g/mol. The Hall–Kier alpha value is -0.230. The third-order valence-electron chi connectivity index (χ3n) is 5.45. The van der Waals surface area contributed by atoms with Crippen LogP contribution in [0.25, 0.3) is 0 Å². The second kappa shape index (κ2) is 6.25. The molecule has 2 fully saturated rings. The van der Waals surface area contributed by atoms with Crippen molar-refractivity contribution in [1.82, 2.24) is 0 Å². The maximum atomic E-state index is 12.8. The lowest BCUT2D eigenvalue weighted by molar-refractivity contribution is -0.118. The average molecular weight is 443 g/mol. The number of thioether (sulfide) groups is 1. The summed E-state index contributed by atoms with van der Waals surface area (Å²) < 4.78 is 1.21. The first kappa shape index (κ1) is 17.6. The van der Waals surface area contributed by atoms with E-state index in [1.54, 1.807) is 0 Å². The monoisotopic (exact) mass is 443 g/mol. The van der Waals surface area contributed by atoms with E-state index in [9.17, 15) is 4.79 Å². The van der Waals surface area contributed by atoms with Gasteiger partial charge in [-0.05, 0) is 90.8 Å². The first-order valence-corrected chi connectivity index (χ1v) is 10.5. The Morgan fingerprint density at radius 2 is 1.74 bits per heavy atom. The molecule has 1 amide bonds. The summed E-state index contributed by atoms with van der Waals surface area (Å²) >= 11 is 4.21. The molecule has 3 rings (SSSR count). The number of rotatable bonds is 1. The Morgan fingerprint density at radius 3 is 2.26 bits per heavy atom. The van der Waals surface area contributed by atoms with E-state index >= 15 is 0 Å². The largest absolute Gasteiger partial charge is 0.296 e. The summed E-state index contributed by atoms with van der Waals surface area (Å²) in [6, 6.07) is 8.42. The fourth-order valence-corrected chi connectivity index (χ4v) is 6.04. The highest BCUT2D eigenvalue weighted by Crippen LogP contribution is 2.54. The van der Waals surface area contributed by atoms with Crippen molar-refractivity contribution >= 4 is 45.9 Å². The normalized spacial score (nSPS) is 31.9. The van der Waals surface area contributed by atoms with Crippen LogP contribution in [0.1, 0.15) is 53.4 Å². The van der Waals surface area contributed by atoms with Gasteiger partial charge in [-0.15, -0.1) is 11.8 Å². The quantitative estimate of drug-likeness (QED) is 0.520. The van der Waals surface area contributed by atoms with Crippen LogP contribution in [0.2, 0.25) is 0 Å². The molecule has 1 aliphatic carbocycles. The van der Waals surface area contributed by atoms with Crippen molar-refractivity contribution in [2.45, 2.75) is 63.5 Å². The van der Waals surface area contributed by atoms with Crippen LogP contribution in [0.4, 0.5) is 5.69 Å². The third kappa shape index (κ3) is 3.30. The number of amides is 1. The molecule has 1 saturated heterocycles. The molecule has 1 spiro atoms. The summed E-state index contributed by atoms with van der Waals surface area (Å²) in [7, 11) is 0. The Kier molecular flexibility index (Phi) is 4.78. The van der Waals surface area contributed by atoms with Gasteiger partial charge in [0.1, 0.15) is 0 Å². The predicted molar refractivity (Wildman–Crippen MR) is 108 cm³/mol. The van der Waals surface area contributed by atoms with Gasteiger partial charge in [0.25, 0.3) is 0 Å². The van der Waals surface area contributed by atoms with Crippen LogP contribution >= 0.6 is 34.4 Å². The van der Waals surface area contributed by atoms with Gasteiger partial charge >= 0.3 is 0 Å². The summed E-state index contributed by atoms with van der Waals surface area (Å²) in [5.74, 6) is 1.05. The molecule has 1 aromatic carbocycles. The lowest BCUT2D eigenvalue weighted by Gasteiger charge is -2.45. The van der Waals surface area contributed by atoms with Gasteiger partial charge in [0, 0.05) is 9.26 Å². The Bertz CT molecular complexity index is 584. The highest BCUT2D eigenvalue weighted by atomic mass is 127. The van der Waals surface area contributed by atoms with Crippen molar-refractivity contribution in [3.63, 3.8) is 0 Å². The summed E-state index contributed by atoms with van der Waals surface area (Å²) in [5.41, 5.74) is 1.44. The van der Waals surface area contributed by atoms with Crippen LogP contribution in [0.3, 0.4) is 0 Å². The molecule has 1 aromatic rings. The standard InChI is InChI=1S/C19H26INOS/c1-13-17(22)21(16-7-5-15(20)6-8-16)19(23-13)11-9-14(10-12-19)18(2,3)4/h5-8,13-14H,9-12H2,1-4H3/t13-,14?,19?/m0/s1. The average Bonchev–Trinajstić information content (AvgIpc) is 2.71. The summed E-state index contributed by atoms with van der Waals surface area (Å²) in [4.78, 5) is 14.9. The fourth-order valence-electron chi connectivity index (χ4n) is 4.04. The Labute approximate surface area is 157 Å². The molecule has 0 radical (unpaired) electrons. The number of carbonyl (C=O) groups excluding carboxylic acids is 1. The predicted octanol–water partition coefficient (Wildman–Crippen LogP) is 5.69. The molecule has 0 bridgehead atoms. The van der Waals surface area contributed by atoms with Gasteiger partial charge in [0.15, 0.2) is 0 Å². The Balaban J connectivity index is 1.88. The zero-order chi connectivity index (χ0) is 16.8. The first-order valence-electron chi connectivity index (χ1n) is 8.50. The maximum Gasteiger partial charge on any atom is 0.241 e. The Morgan fingerprint density at radius 1 is 1.17 bits per heavy atom. The highest BCUT2D eigenvalue weighted by Gasteiger charge is 2.52. The van der Waals surface area contributed by atoms with Crippen LogP contribution in [-0.2, 0) is 4.79 Å². The van der Waals surface area contributed by atoms with E-state index in [0.717, 1.165) is 24.4 Å². The fraction of sp³-hybridized carbons (Fsp3) is 0.632. The van der Waals surface area contributed by atoms with Gasteiger partial charge in [-0.2, -0.15) is 0 Å². The van der Waals surface area contributed by atoms with Crippen LogP contribution in [0.15, 0.2) is 24.3 Å².